The Morgan fingerprint density at radius 2 is 2.39 bits per heavy atom. The van der Waals surface area contributed by atoms with Gasteiger partial charge >= 0.3 is 0 Å². The lowest BCUT2D eigenvalue weighted by molar-refractivity contribution is -0.0616. The average Bonchev–Trinajstić information content (AvgIpc) is 2.65. The molecule has 2 heterocycles. The summed E-state index contributed by atoms with van der Waals surface area (Å²) in [6.45, 7) is -0.325. The van der Waals surface area contributed by atoms with Gasteiger partial charge in [-0.15, -0.1) is 0 Å². The first kappa shape index (κ1) is 13.4. The molecule has 1 saturated heterocycles. The van der Waals surface area contributed by atoms with Crippen molar-refractivity contribution in [1.82, 2.24) is 9.55 Å². The number of aromatic amines is 1. The van der Waals surface area contributed by atoms with Crippen molar-refractivity contribution < 1.29 is 19.7 Å². The highest BCUT2D eigenvalue weighted by Crippen LogP contribution is 2.30. The van der Waals surface area contributed by atoms with Crippen molar-refractivity contribution in [3.63, 3.8) is 0 Å². The highest BCUT2D eigenvalue weighted by Gasteiger charge is 2.44. The van der Waals surface area contributed by atoms with Gasteiger partial charge in [-0.1, -0.05) is 0 Å². The first-order valence-electron chi connectivity index (χ1n) is 5.37. The second-order valence-corrected chi connectivity index (χ2v) is 4.34. The number of aromatic nitrogens is 2. The van der Waals surface area contributed by atoms with Crippen LogP contribution in [0.3, 0.4) is 0 Å². The van der Waals surface area contributed by atoms with Crippen molar-refractivity contribution in [2.75, 3.05) is 13.7 Å². The third-order valence-corrected chi connectivity index (χ3v) is 3.20. The van der Waals surface area contributed by atoms with Crippen molar-refractivity contribution >= 4 is 12.2 Å². The van der Waals surface area contributed by atoms with Crippen LogP contribution in [0.5, 0.6) is 0 Å². The molecule has 0 aliphatic carbocycles. The van der Waals surface area contributed by atoms with Gasteiger partial charge in [0, 0.05) is 19.4 Å². The number of nitrogens with zero attached hydrogens (tertiary/aromatic N) is 1. The van der Waals surface area contributed by atoms with Gasteiger partial charge in [-0.05, 0) is 12.2 Å². The number of rotatable bonds is 3. The SMILES string of the molecule is CO[C@H]1C(O)[C@@H](CO)O[C@H]1n1ccc(=O)[nH]c1=S. The Balaban J connectivity index is 2.38. The fraction of sp³-hybridized carbons (Fsp3) is 0.600. The average molecular weight is 274 g/mol. The molecule has 8 heteroatoms. The molecule has 0 saturated carbocycles. The summed E-state index contributed by atoms with van der Waals surface area (Å²) in [5, 5.41) is 19.0. The van der Waals surface area contributed by atoms with E-state index in [0.717, 1.165) is 0 Å². The maximum Gasteiger partial charge on any atom is 0.251 e. The number of aliphatic hydroxyl groups excluding tert-OH is 2. The first-order valence-corrected chi connectivity index (χ1v) is 5.78. The summed E-state index contributed by atoms with van der Waals surface area (Å²) in [5.41, 5.74) is -0.317. The number of hydrogen-bond donors (Lipinski definition) is 3. The molecule has 7 nitrogen and oxygen atoms in total. The summed E-state index contributed by atoms with van der Waals surface area (Å²) in [7, 11) is 1.43. The molecule has 0 radical (unpaired) electrons. The van der Waals surface area contributed by atoms with Crippen LogP contribution in [0.2, 0.25) is 0 Å². The minimum Gasteiger partial charge on any atom is -0.394 e. The van der Waals surface area contributed by atoms with E-state index < -0.39 is 24.5 Å². The summed E-state index contributed by atoms with van der Waals surface area (Å²) in [6.07, 6.45) is -1.59. The van der Waals surface area contributed by atoms with Gasteiger partial charge in [0.25, 0.3) is 5.56 Å². The lowest BCUT2D eigenvalue weighted by atomic mass is 10.1. The number of aliphatic hydroxyl groups is 2. The van der Waals surface area contributed by atoms with E-state index in [-0.39, 0.29) is 16.9 Å². The Hall–Kier alpha value is -1.06. The molecule has 18 heavy (non-hydrogen) atoms. The van der Waals surface area contributed by atoms with E-state index in [1.54, 1.807) is 0 Å². The molecule has 1 aromatic heterocycles. The van der Waals surface area contributed by atoms with E-state index in [9.17, 15) is 9.90 Å². The fourth-order valence-corrected chi connectivity index (χ4v) is 2.24. The summed E-state index contributed by atoms with van der Waals surface area (Å²) in [6, 6.07) is 1.30. The number of nitrogens with one attached hydrogen (secondary N) is 1. The molecule has 1 fully saturated rings. The first-order chi connectivity index (χ1) is 8.58. The molecule has 4 atom stereocenters. The summed E-state index contributed by atoms with van der Waals surface area (Å²) in [5.74, 6) is 0. The number of hydrogen-bond acceptors (Lipinski definition) is 6. The van der Waals surface area contributed by atoms with Crippen LogP contribution in [0.15, 0.2) is 17.1 Å². The summed E-state index contributed by atoms with van der Waals surface area (Å²) >= 11 is 5.02. The minimum atomic E-state index is -0.959. The van der Waals surface area contributed by atoms with E-state index in [0.29, 0.717) is 0 Å². The van der Waals surface area contributed by atoms with E-state index in [4.69, 9.17) is 26.8 Å². The van der Waals surface area contributed by atoms with Gasteiger partial charge in [0.1, 0.15) is 18.3 Å². The molecule has 1 aliphatic rings. The van der Waals surface area contributed by atoms with E-state index in [1.165, 1.54) is 23.9 Å². The van der Waals surface area contributed by atoms with Crippen LogP contribution in [0.1, 0.15) is 6.23 Å². The molecule has 100 valence electrons. The third kappa shape index (κ3) is 2.25. The molecule has 0 bridgehead atoms. The van der Waals surface area contributed by atoms with E-state index >= 15 is 0 Å². The van der Waals surface area contributed by atoms with E-state index in [1.807, 2.05) is 0 Å². The molecule has 3 N–H and O–H groups in total. The predicted molar refractivity (Wildman–Crippen MR) is 63.7 cm³/mol. The smallest absolute Gasteiger partial charge is 0.251 e. The standard InChI is InChI=1S/C10H14N2O5S/c1-16-8-7(15)5(4-13)17-9(8)12-3-2-6(14)11-10(12)18/h2-3,5,7-9,13,15H,4H2,1H3,(H,11,14,18)/t5-,7?,8+,9-/m1/s1. The number of H-pyrrole nitrogens is 1. The number of methoxy groups -OCH3 is 1. The Kier molecular flexibility index (Phi) is 3.93. The fourth-order valence-electron chi connectivity index (χ4n) is 1.98. The van der Waals surface area contributed by atoms with Crippen LogP contribution >= 0.6 is 12.2 Å². The van der Waals surface area contributed by atoms with Gasteiger partial charge in [-0.3, -0.25) is 14.3 Å². The predicted octanol–water partition coefficient (Wildman–Crippen LogP) is -0.829. The van der Waals surface area contributed by atoms with Gasteiger partial charge < -0.3 is 19.7 Å². The van der Waals surface area contributed by atoms with Crippen molar-refractivity contribution in [2.45, 2.75) is 24.5 Å². The van der Waals surface area contributed by atoms with Crippen molar-refractivity contribution in [1.29, 1.82) is 0 Å². The molecule has 1 unspecified atom stereocenters. The molecule has 0 amide bonds. The lowest BCUT2D eigenvalue weighted by Crippen LogP contribution is -2.35. The second-order valence-electron chi connectivity index (χ2n) is 3.96. The van der Waals surface area contributed by atoms with Crippen LogP contribution < -0.4 is 5.56 Å². The minimum absolute atomic E-state index is 0.167. The van der Waals surface area contributed by atoms with Gasteiger partial charge in [-0.2, -0.15) is 0 Å². The highest BCUT2D eigenvalue weighted by molar-refractivity contribution is 7.71. The van der Waals surface area contributed by atoms with Gasteiger partial charge in [0.05, 0.1) is 6.61 Å². The normalized spacial score (nSPS) is 31.7. The largest absolute Gasteiger partial charge is 0.394 e. The topological polar surface area (TPSA) is 96.7 Å². The zero-order valence-electron chi connectivity index (χ0n) is 9.65. The zero-order chi connectivity index (χ0) is 13.3. The molecular formula is C10H14N2O5S. The second kappa shape index (κ2) is 5.29. The van der Waals surface area contributed by atoms with Crippen molar-refractivity contribution in [3.8, 4) is 0 Å². The summed E-state index contributed by atoms with van der Waals surface area (Å²) in [4.78, 5) is 13.5. The quantitative estimate of drug-likeness (QED) is 0.623. The molecule has 0 aromatic carbocycles. The molecule has 0 spiro atoms. The Morgan fingerprint density at radius 3 is 2.94 bits per heavy atom. The Bertz CT molecular complexity index is 527. The third-order valence-electron chi connectivity index (χ3n) is 2.89. The zero-order valence-corrected chi connectivity index (χ0v) is 10.5. The van der Waals surface area contributed by atoms with Crippen molar-refractivity contribution in [3.05, 3.63) is 27.4 Å². The number of ether oxygens (including phenoxy) is 2. The van der Waals surface area contributed by atoms with Crippen LogP contribution in [-0.2, 0) is 9.47 Å². The van der Waals surface area contributed by atoms with Gasteiger partial charge in [0.2, 0.25) is 0 Å². The van der Waals surface area contributed by atoms with Crippen molar-refractivity contribution in [2.24, 2.45) is 0 Å². The molecule has 1 aromatic rings. The Morgan fingerprint density at radius 1 is 1.67 bits per heavy atom. The highest BCUT2D eigenvalue weighted by atomic mass is 32.1. The Labute approximate surface area is 108 Å². The summed E-state index contributed by atoms with van der Waals surface area (Å²) < 4.78 is 12.3. The van der Waals surface area contributed by atoms with E-state index in [2.05, 4.69) is 4.98 Å². The van der Waals surface area contributed by atoms with Crippen LogP contribution in [0.4, 0.5) is 0 Å². The maximum atomic E-state index is 11.1. The van der Waals surface area contributed by atoms with Gasteiger partial charge in [0.15, 0.2) is 11.0 Å². The van der Waals surface area contributed by atoms with Crippen LogP contribution in [0.25, 0.3) is 0 Å². The molecule has 1 aliphatic heterocycles. The van der Waals surface area contributed by atoms with Gasteiger partial charge in [-0.25, -0.2) is 0 Å². The lowest BCUT2D eigenvalue weighted by Gasteiger charge is -2.20. The van der Waals surface area contributed by atoms with Crippen LogP contribution in [0, 0.1) is 4.77 Å². The monoisotopic (exact) mass is 274 g/mol. The molecule has 2 rings (SSSR count). The molecular weight excluding hydrogens is 260 g/mol. The van der Waals surface area contributed by atoms with Crippen LogP contribution in [-0.4, -0.2) is 51.8 Å². The maximum absolute atomic E-state index is 11.1.